The summed E-state index contributed by atoms with van der Waals surface area (Å²) in [5.74, 6) is 0.705. The topological polar surface area (TPSA) is 68.1 Å². The Morgan fingerprint density at radius 3 is 2.50 bits per heavy atom. The van der Waals surface area contributed by atoms with Gasteiger partial charge in [-0.2, -0.15) is 0 Å². The lowest BCUT2D eigenvalue weighted by molar-refractivity contribution is -0.385. The Labute approximate surface area is 95.0 Å². The molecule has 1 heterocycles. The second-order valence-corrected chi connectivity index (χ2v) is 3.72. The maximum absolute atomic E-state index is 10.6. The van der Waals surface area contributed by atoms with Crippen LogP contribution < -0.4 is 5.32 Å². The minimum absolute atomic E-state index is 0.0649. The maximum Gasteiger partial charge on any atom is 0.290 e. The van der Waals surface area contributed by atoms with Gasteiger partial charge in [-0.05, 0) is 25.8 Å². The average molecular weight is 223 g/mol. The number of nitrogens with zero attached hydrogens (tertiary/aromatic N) is 2. The predicted molar refractivity (Wildman–Crippen MR) is 63.6 cm³/mol. The molecule has 1 aromatic rings. The van der Waals surface area contributed by atoms with Crippen molar-refractivity contribution in [1.82, 2.24) is 4.98 Å². The zero-order valence-corrected chi connectivity index (χ0v) is 9.86. The van der Waals surface area contributed by atoms with Gasteiger partial charge < -0.3 is 5.32 Å². The molecule has 0 amide bonds. The monoisotopic (exact) mass is 223 g/mol. The van der Waals surface area contributed by atoms with E-state index in [1.807, 2.05) is 0 Å². The highest BCUT2D eigenvalue weighted by Crippen LogP contribution is 2.18. The first kappa shape index (κ1) is 12.4. The molecule has 0 bridgehead atoms. The van der Waals surface area contributed by atoms with Crippen molar-refractivity contribution in [1.29, 1.82) is 0 Å². The number of hydrogen-bond acceptors (Lipinski definition) is 4. The van der Waals surface area contributed by atoms with Crippen molar-refractivity contribution in [3.8, 4) is 0 Å². The molecule has 1 rings (SSSR count). The van der Waals surface area contributed by atoms with E-state index >= 15 is 0 Å². The standard InChI is InChI=1S/C11H17N3O2/c1-4-9(5-2)13-11-7-6-10(14(15)16)8(3)12-11/h6-7,9H,4-5H2,1-3H3,(H,12,13). The lowest BCUT2D eigenvalue weighted by Gasteiger charge is -2.15. The third-order valence-electron chi connectivity index (χ3n) is 2.59. The molecule has 88 valence electrons. The van der Waals surface area contributed by atoms with E-state index in [0.717, 1.165) is 12.8 Å². The fraction of sp³-hybridized carbons (Fsp3) is 0.545. The van der Waals surface area contributed by atoms with Crippen molar-refractivity contribution in [3.05, 3.63) is 27.9 Å². The van der Waals surface area contributed by atoms with Crippen LogP contribution in [-0.2, 0) is 0 Å². The molecule has 5 heteroatoms. The lowest BCUT2D eigenvalue weighted by atomic mass is 10.2. The van der Waals surface area contributed by atoms with Gasteiger partial charge in [-0.1, -0.05) is 13.8 Å². The van der Waals surface area contributed by atoms with Crippen molar-refractivity contribution in [2.45, 2.75) is 39.7 Å². The number of anilines is 1. The molecular formula is C11H17N3O2. The molecular weight excluding hydrogens is 206 g/mol. The van der Waals surface area contributed by atoms with Gasteiger partial charge in [0.1, 0.15) is 11.5 Å². The quantitative estimate of drug-likeness (QED) is 0.615. The summed E-state index contributed by atoms with van der Waals surface area (Å²) < 4.78 is 0. The van der Waals surface area contributed by atoms with Crippen LogP contribution in [0.2, 0.25) is 0 Å². The van der Waals surface area contributed by atoms with E-state index in [1.165, 1.54) is 6.07 Å². The van der Waals surface area contributed by atoms with E-state index in [9.17, 15) is 10.1 Å². The number of aromatic nitrogens is 1. The van der Waals surface area contributed by atoms with Crippen LogP contribution in [0.25, 0.3) is 0 Å². The molecule has 16 heavy (non-hydrogen) atoms. The number of hydrogen-bond donors (Lipinski definition) is 1. The normalized spacial score (nSPS) is 10.5. The first-order chi connectivity index (χ1) is 7.58. The number of pyridine rings is 1. The van der Waals surface area contributed by atoms with Gasteiger partial charge in [0, 0.05) is 12.1 Å². The third kappa shape index (κ3) is 2.92. The molecule has 0 spiro atoms. The van der Waals surface area contributed by atoms with E-state index < -0.39 is 4.92 Å². The van der Waals surface area contributed by atoms with Crippen molar-refractivity contribution in [3.63, 3.8) is 0 Å². The van der Waals surface area contributed by atoms with Gasteiger partial charge in [-0.3, -0.25) is 10.1 Å². The minimum Gasteiger partial charge on any atom is -0.367 e. The van der Waals surface area contributed by atoms with E-state index in [1.54, 1.807) is 13.0 Å². The summed E-state index contributed by atoms with van der Waals surface area (Å²) >= 11 is 0. The molecule has 0 aromatic carbocycles. The summed E-state index contributed by atoms with van der Waals surface area (Å²) in [5, 5.41) is 13.9. The van der Waals surface area contributed by atoms with Crippen LogP contribution in [0.3, 0.4) is 0 Å². The maximum atomic E-state index is 10.6. The average Bonchev–Trinajstić information content (AvgIpc) is 2.25. The molecule has 5 nitrogen and oxygen atoms in total. The second kappa shape index (κ2) is 5.44. The largest absolute Gasteiger partial charge is 0.367 e. The van der Waals surface area contributed by atoms with E-state index in [-0.39, 0.29) is 5.69 Å². The van der Waals surface area contributed by atoms with Crippen molar-refractivity contribution >= 4 is 11.5 Å². The van der Waals surface area contributed by atoms with Gasteiger partial charge in [0.15, 0.2) is 0 Å². The molecule has 0 aliphatic rings. The lowest BCUT2D eigenvalue weighted by Crippen LogP contribution is -2.18. The molecule has 0 radical (unpaired) electrons. The fourth-order valence-electron chi connectivity index (χ4n) is 1.53. The van der Waals surface area contributed by atoms with Gasteiger partial charge in [-0.25, -0.2) is 4.98 Å². The van der Waals surface area contributed by atoms with Gasteiger partial charge in [0.2, 0.25) is 0 Å². The Balaban J connectivity index is 2.84. The Morgan fingerprint density at radius 1 is 1.44 bits per heavy atom. The van der Waals surface area contributed by atoms with Crippen LogP contribution in [-0.4, -0.2) is 15.9 Å². The molecule has 0 unspecified atom stereocenters. The summed E-state index contributed by atoms with van der Waals surface area (Å²) in [6.45, 7) is 5.84. The highest BCUT2D eigenvalue weighted by molar-refractivity contribution is 5.45. The summed E-state index contributed by atoms with van der Waals surface area (Å²) in [6, 6.07) is 3.52. The van der Waals surface area contributed by atoms with Gasteiger partial charge in [0.05, 0.1) is 4.92 Å². The molecule has 0 aliphatic heterocycles. The van der Waals surface area contributed by atoms with E-state index in [4.69, 9.17) is 0 Å². The third-order valence-corrected chi connectivity index (χ3v) is 2.59. The Bertz CT molecular complexity index is 375. The Hall–Kier alpha value is -1.65. The van der Waals surface area contributed by atoms with Gasteiger partial charge in [0.25, 0.3) is 5.69 Å². The molecule has 1 N–H and O–H groups in total. The van der Waals surface area contributed by atoms with Crippen LogP contribution in [0, 0.1) is 17.0 Å². The summed E-state index contributed by atoms with van der Waals surface area (Å²) in [7, 11) is 0. The molecule has 1 aromatic heterocycles. The van der Waals surface area contributed by atoms with Crippen LogP contribution >= 0.6 is 0 Å². The summed E-state index contributed by atoms with van der Waals surface area (Å²) in [6.07, 6.45) is 2.02. The molecule has 0 saturated carbocycles. The Morgan fingerprint density at radius 2 is 2.06 bits per heavy atom. The molecule has 0 saturated heterocycles. The number of nitrogens with one attached hydrogen (secondary N) is 1. The number of rotatable bonds is 5. The van der Waals surface area contributed by atoms with Crippen molar-refractivity contribution in [2.24, 2.45) is 0 Å². The first-order valence-corrected chi connectivity index (χ1v) is 5.47. The highest BCUT2D eigenvalue weighted by Gasteiger charge is 2.12. The van der Waals surface area contributed by atoms with Crippen LogP contribution in [0.4, 0.5) is 11.5 Å². The highest BCUT2D eigenvalue weighted by atomic mass is 16.6. The van der Waals surface area contributed by atoms with Crippen molar-refractivity contribution < 1.29 is 4.92 Å². The first-order valence-electron chi connectivity index (χ1n) is 5.47. The smallest absolute Gasteiger partial charge is 0.290 e. The number of aryl methyl sites for hydroxylation is 1. The zero-order chi connectivity index (χ0) is 12.1. The van der Waals surface area contributed by atoms with Gasteiger partial charge >= 0.3 is 0 Å². The summed E-state index contributed by atoms with van der Waals surface area (Å²) in [5.41, 5.74) is 0.510. The SMILES string of the molecule is CCC(CC)Nc1ccc([N+](=O)[O-])c(C)n1. The van der Waals surface area contributed by atoms with E-state index in [2.05, 4.69) is 24.1 Å². The summed E-state index contributed by atoms with van der Waals surface area (Å²) in [4.78, 5) is 14.4. The zero-order valence-electron chi connectivity index (χ0n) is 9.86. The van der Waals surface area contributed by atoms with Crippen LogP contribution in [0.5, 0.6) is 0 Å². The van der Waals surface area contributed by atoms with Crippen molar-refractivity contribution in [2.75, 3.05) is 5.32 Å². The van der Waals surface area contributed by atoms with E-state index in [0.29, 0.717) is 17.6 Å². The Kier molecular flexibility index (Phi) is 4.22. The van der Waals surface area contributed by atoms with Gasteiger partial charge in [-0.15, -0.1) is 0 Å². The van der Waals surface area contributed by atoms with Crippen LogP contribution in [0.1, 0.15) is 32.4 Å². The molecule has 0 fully saturated rings. The fourth-order valence-corrected chi connectivity index (χ4v) is 1.53. The minimum atomic E-state index is -0.413. The predicted octanol–water partition coefficient (Wildman–Crippen LogP) is 2.90. The molecule has 0 aliphatic carbocycles. The number of nitro groups is 1. The second-order valence-electron chi connectivity index (χ2n) is 3.72. The molecule has 0 atom stereocenters. The van der Waals surface area contributed by atoms with Crippen LogP contribution in [0.15, 0.2) is 12.1 Å².